The third-order valence-electron chi connectivity index (χ3n) is 2.99. The van der Waals surface area contributed by atoms with E-state index in [0.29, 0.717) is 35.3 Å². The molecule has 1 amide bonds. The van der Waals surface area contributed by atoms with Crippen LogP contribution < -0.4 is 4.90 Å². The van der Waals surface area contributed by atoms with E-state index in [1.54, 1.807) is 27.7 Å². The summed E-state index contributed by atoms with van der Waals surface area (Å²) in [5.41, 5.74) is 0.677. The molecular weight excluding hydrogens is 272 g/mol. The van der Waals surface area contributed by atoms with E-state index in [1.807, 2.05) is 0 Å². The maximum atomic E-state index is 11.9. The maximum absolute atomic E-state index is 11.9. The van der Waals surface area contributed by atoms with E-state index in [0.717, 1.165) is 0 Å². The molecule has 0 radical (unpaired) electrons. The Morgan fingerprint density at radius 2 is 2.33 bits per heavy atom. The lowest BCUT2D eigenvalue weighted by Gasteiger charge is -2.10. The van der Waals surface area contributed by atoms with Crippen LogP contribution in [0.4, 0.5) is 5.95 Å². The van der Waals surface area contributed by atoms with E-state index in [9.17, 15) is 4.79 Å². The van der Waals surface area contributed by atoms with Crippen molar-refractivity contribution < 1.29 is 4.79 Å². The van der Waals surface area contributed by atoms with Crippen molar-refractivity contribution in [3.05, 3.63) is 23.4 Å². The van der Waals surface area contributed by atoms with Crippen LogP contribution >= 0.6 is 24.2 Å². The number of aromatic nitrogens is 3. The number of anilines is 1. The van der Waals surface area contributed by atoms with Gasteiger partial charge in [0, 0.05) is 19.2 Å². The topological polar surface area (TPSA) is 50.5 Å². The Labute approximate surface area is 114 Å². The predicted octanol–water partition coefficient (Wildman–Crippen LogP) is 1.67. The van der Waals surface area contributed by atoms with E-state index >= 15 is 0 Å². The van der Waals surface area contributed by atoms with E-state index < -0.39 is 0 Å². The highest BCUT2D eigenvalue weighted by atomic mass is 35.5. The van der Waals surface area contributed by atoms with Gasteiger partial charge in [0.1, 0.15) is 0 Å². The van der Waals surface area contributed by atoms with Crippen molar-refractivity contribution in [2.75, 3.05) is 17.2 Å². The second-order valence-electron chi connectivity index (χ2n) is 4.32. The number of halogens is 1. The quantitative estimate of drug-likeness (QED) is 0.853. The number of hydrogen-bond donors (Lipinski definition) is 1. The van der Waals surface area contributed by atoms with Crippen molar-refractivity contribution in [1.82, 2.24) is 14.6 Å². The van der Waals surface area contributed by atoms with Crippen LogP contribution in [0.15, 0.2) is 18.3 Å². The molecule has 0 aliphatic carbocycles. The maximum Gasteiger partial charge on any atom is 0.252 e. The molecule has 7 heteroatoms. The van der Waals surface area contributed by atoms with Gasteiger partial charge in [0.25, 0.3) is 5.95 Å². The molecule has 1 fully saturated rings. The molecule has 0 saturated carbocycles. The lowest BCUT2D eigenvalue weighted by Crippen LogP contribution is -2.25. The van der Waals surface area contributed by atoms with Crippen LogP contribution in [0.1, 0.15) is 6.42 Å². The van der Waals surface area contributed by atoms with Gasteiger partial charge in [-0.05, 0) is 23.8 Å². The molecule has 3 rings (SSSR count). The Morgan fingerprint density at radius 1 is 1.50 bits per heavy atom. The van der Waals surface area contributed by atoms with Crippen molar-refractivity contribution in [3.8, 4) is 0 Å². The zero-order valence-electron chi connectivity index (χ0n) is 9.45. The summed E-state index contributed by atoms with van der Waals surface area (Å²) in [6.45, 7) is 0.632. The number of fused-ring (bicyclic) bond motifs is 1. The minimum atomic E-state index is 0.0519. The third-order valence-corrected chi connectivity index (χ3v) is 3.73. The van der Waals surface area contributed by atoms with Gasteiger partial charge in [-0.2, -0.15) is 17.6 Å². The largest absolute Gasteiger partial charge is 0.279 e. The number of thiol groups is 1. The number of rotatable bonds is 2. The van der Waals surface area contributed by atoms with Gasteiger partial charge in [-0.1, -0.05) is 11.6 Å². The summed E-state index contributed by atoms with van der Waals surface area (Å²) in [6, 6.07) is 3.52. The van der Waals surface area contributed by atoms with E-state index in [4.69, 9.17) is 11.6 Å². The van der Waals surface area contributed by atoms with Gasteiger partial charge in [-0.15, -0.1) is 5.10 Å². The van der Waals surface area contributed by atoms with Gasteiger partial charge < -0.3 is 0 Å². The Kier molecular flexibility index (Phi) is 2.91. The number of carbonyl (C=O) groups excluding carboxylic acids is 1. The molecule has 0 spiro atoms. The van der Waals surface area contributed by atoms with Crippen molar-refractivity contribution in [3.63, 3.8) is 0 Å². The molecule has 1 aliphatic rings. The van der Waals surface area contributed by atoms with Crippen LogP contribution in [0.3, 0.4) is 0 Å². The third kappa shape index (κ3) is 1.95. The van der Waals surface area contributed by atoms with Gasteiger partial charge in [0.05, 0.1) is 5.02 Å². The second-order valence-corrected chi connectivity index (χ2v) is 5.12. The van der Waals surface area contributed by atoms with Gasteiger partial charge >= 0.3 is 0 Å². The van der Waals surface area contributed by atoms with Gasteiger partial charge in [-0.3, -0.25) is 9.69 Å². The summed E-state index contributed by atoms with van der Waals surface area (Å²) < 4.78 is 1.58. The smallest absolute Gasteiger partial charge is 0.252 e. The minimum absolute atomic E-state index is 0.0519. The fourth-order valence-corrected chi connectivity index (χ4v) is 2.46. The van der Waals surface area contributed by atoms with Crippen molar-refractivity contribution in [2.45, 2.75) is 6.42 Å². The average Bonchev–Trinajstić information content (AvgIpc) is 2.91. The molecule has 18 heavy (non-hydrogen) atoms. The summed E-state index contributed by atoms with van der Waals surface area (Å²) in [6.07, 6.45) is 2.18. The molecule has 5 nitrogen and oxygen atoms in total. The molecule has 2 aromatic rings. The van der Waals surface area contributed by atoms with E-state index in [-0.39, 0.29) is 11.8 Å². The lowest BCUT2D eigenvalue weighted by molar-refractivity contribution is -0.117. The van der Waals surface area contributed by atoms with Gasteiger partial charge in [0.15, 0.2) is 5.65 Å². The summed E-state index contributed by atoms with van der Waals surface area (Å²) in [4.78, 5) is 17.8. The highest BCUT2D eigenvalue weighted by Gasteiger charge is 2.32. The van der Waals surface area contributed by atoms with Crippen LogP contribution in [0.25, 0.3) is 5.65 Å². The molecule has 1 unspecified atom stereocenters. The van der Waals surface area contributed by atoms with E-state index in [1.165, 1.54) is 0 Å². The standard InChI is InChI=1S/C11H11ClN4OS/c12-8-1-2-9-13-11(14-16(9)5-8)15-4-7(6-18)3-10(15)17/h1-2,5,7,18H,3-4,6H2. The Morgan fingerprint density at radius 3 is 3.06 bits per heavy atom. The Hall–Kier alpha value is -1.27. The first-order valence-corrected chi connectivity index (χ1v) is 6.61. The Bertz CT molecular complexity index is 614. The van der Waals surface area contributed by atoms with Crippen LogP contribution in [0, 0.1) is 5.92 Å². The fourth-order valence-electron chi connectivity index (χ4n) is 2.06. The first kappa shape index (κ1) is 11.8. The minimum Gasteiger partial charge on any atom is -0.279 e. The van der Waals surface area contributed by atoms with Crippen molar-refractivity contribution in [1.29, 1.82) is 0 Å². The zero-order valence-corrected chi connectivity index (χ0v) is 11.1. The van der Waals surface area contributed by atoms with Crippen LogP contribution in [0.5, 0.6) is 0 Å². The number of pyridine rings is 1. The van der Waals surface area contributed by atoms with E-state index in [2.05, 4.69) is 22.7 Å². The van der Waals surface area contributed by atoms with Gasteiger partial charge in [-0.25, -0.2) is 4.52 Å². The molecule has 0 aromatic carbocycles. The molecule has 2 aromatic heterocycles. The van der Waals surface area contributed by atoms with Crippen molar-refractivity contribution in [2.24, 2.45) is 5.92 Å². The first-order valence-electron chi connectivity index (χ1n) is 5.60. The van der Waals surface area contributed by atoms with Crippen LogP contribution in [0.2, 0.25) is 5.02 Å². The fraction of sp³-hybridized carbons (Fsp3) is 0.364. The van der Waals surface area contributed by atoms with Crippen LogP contribution in [-0.2, 0) is 4.79 Å². The zero-order chi connectivity index (χ0) is 12.7. The molecule has 1 atom stereocenters. The van der Waals surface area contributed by atoms with Crippen molar-refractivity contribution >= 4 is 41.7 Å². The summed E-state index contributed by atoms with van der Waals surface area (Å²) >= 11 is 10.1. The number of nitrogens with zero attached hydrogens (tertiary/aromatic N) is 4. The average molecular weight is 283 g/mol. The summed E-state index contributed by atoms with van der Waals surface area (Å²) in [7, 11) is 0. The molecular formula is C11H11ClN4OS. The predicted molar refractivity (Wildman–Crippen MR) is 72.3 cm³/mol. The summed E-state index contributed by atoms with van der Waals surface area (Å²) in [5, 5.41) is 4.86. The molecule has 3 heterocycles. The SMILES string of the molecule is O=C1CC(CS)CN1c1nc2ccc(Cl)cn2n1. The molecule has 0 bridgehead atoms. The Balaban J connectivity index is 1.97. The molecule has 94 valence electrons. The summed E-state index contributed by atoms with van der Waals surface area (Å²) in [5.74, 6) is 1.46. The molecule has 1 aliphatic heterocycles. The normalized spacial score (nSPS) is 20.0. The number of amides is 1. The number of carbonyl (C=O) groups is 1. The first-order chi connectivity index (χ1) is 8.67. The molecule has 0 N–H and O–H groups in total. The second kappa shape index (κ2) is 4.44. The van der Waals surface area contributed by atoms with Crippen LogP contribution in [-0.4, -0.2) is 32.8 Å². The lowest BCUT2D eigenvalue weighted by atomic mass is 10.1. The molecule has 1 saturated heterocycles. The number of hydrogen-bond acceptors (Lipinski definition) is 4. The highest BCUT2D eigenvalue weighted by molar-refractivity contribution is 7.80. The van der Waals surface area contributed by atoms with Gasteiger partial charge in [0.2, 0.25) is 5.91 Å². The highest BCUT2D eigenvalue weighted by Crippen LogP contribution is 2.23. The monoisotopic (exact) mass is 282 g/mol.